The molecule has 2 aliphatic carbocycles. The minimum atomic E-state index is 0.748. The second-order valence-electron chi connectivity index (χ2n) is 7.33. The van der Waals surface area contributed by atoms with Gasteiger partial charge in [-0.3, -0.25) is 0 Å². The molecule has 1 nitrogen and oxygen atoms in total. The third kappa shape index (κ3) is 3.62. The summed E-state index contributed by atoms with van der Waals surface area (Å²) in [5.74, 6) is 5.32. The third-order valence-electron chi connectivity index (χ3n) is 5.97. The third-order valence-corrected chi connectivity index (χ3v) is 5.97. The maximum absolute atomic E-state index is 5.82. The Morgan fingerprint density at radius 3 is 2.68 bits per heavy atom. The Balaban J connectivity index is 2.03. The van der Waals surface area contributed by atoms with Crippen molar-refractivity contribution in [3.63, 3.8) is 0 Å². The summed E-state index contributed by atoms with van der Waals surface area (Å²) in [6, 6.07) is 0. The van der Waals surface area contributed by atoms with E-state index in [1.807, 2.05) is 0 Å². The Labute approximate surface area is 120 Å². The second-order valence-corrected chi connectivity index (χ2v) is 7.33. The van der Waals surface area contributed by atoms with Gasteiger partial charge in [0.1, 0.15) is 0 Å². The van der Waals surface area contributed by atoms with Crippen molar-refractivity contribution in [2.24, 2.45) is 41.2 Å². The van der Waals surface area contributed by atoms with Crippen LogP contribution in [0.25, 0.3) is 0 Å². The molecule has 0 radical (unpaired) electrons. The molecule has 0 spiro atoms. The van der Waals surface area contributed by atoms with Gasteiger partial charge in [-0.2, -0.15) is 0 Å². The highest BCUT2D eigenvalue weighted by molar-refractivity contribution is 4.99. The molecule has 0 aromatic carbocycles. The van der Waals surface area contributed by atoms with Crippen molar-refractivity contribution in [3.8, 4) is 0 Å². The maximum Gasteiger partial charge on any atom is -0.00716 e. The minimum absolute atomic E-state index is 0.748. The summed E-state index contributed by atoms with van der Waals surface area (Å²) in [7, 11) is 0. The smallest absolute Gasteiger partial charge is 0.00716 e. The van der Waals surface area contributed by atoms with Crippen LogP contribution in [-0.2, 0) is 0 Å². The maximum atomic E-state index is 5.82. The van der Waals surface area contributed by atoms with Gasteiger partial charge in [-0.25, -0.2) is 0 Å². The molecule has 1 heteroatoms. The zero-order valence-corrected chi connectivity index (χ0v) is 13.1. The normalized spacial score (nSPS) is 41.2. The van der Waals surface area contributed by atoms with Crippen LogP contribution >= 0.6 is 0 Å². The molecule has 2 N–H and O–H groups in total. The van der Waals surface area contributed by atoms with Gasteiger partial charge in [-0.15, -0.1) is 0 Å². The quantitative estimate of drug-likeness (QED) is 0.736. The molecule has 6 atom stereocenters. The lowest BCUT2D eigenvalue weighted by atomic mass is 9.63. The van der Waals surface area contributed by atoms with Crippen LogP contribution in [0.5, 0.6) is 0 Å². The zero-order chi connectivity index (χ0) is 13.8. The van der Waals surface area contributed by atoms with Gasteiger partial charge >= 0.3 is 0 Å². The Hall–Kier alpha value is -0.300. The first-order valence-electron chi connectivity index (χ1n) is 8.50. The fourth-order valence-electron chi connectivity index (χ4n) is 4.70. The van der Waals surface area contributed by atoms with Crippen molar-refractivity contribution >= 4 is 0 Å². The van der Waals surface area contributed by atoms with Crippen LogP contribution < -0.4 is 5.73 Å². The first-order chi connectivity index (χ1) is 9.13. The van der Waals surface area contributed by atoms with E-state index in [1.165, 1.54) is 38.5 Å². The highest BCUT2D eigenvalue weighted by Gasteiger charge is 2.36. The van der Waals surface area contributed by atoms with Gasteiger partial charge in [0.15, 0.2) is 0 Å². The molecular weight excluding hydrogens is 230 g/mol. The molecule has 6 unspecified atom stereocenters. The first kappa shape index (κ1) is 15.1. The largest absolute Gasteiger partial charge is 0.330 e. The molecule has 0 saturated heterocycles. The summed E-state index contributed by atoms with van der Waals surface area (Å²) < 4.78 is 0. The summed E-state index contributed by atoms with van der Waals surface area (Å²) in [6.45, 7) is 8.31. The minimum Gasteiger partial charge on any atom is -0.330 e. The van der Waals surface area contributed by atoms with Crippen molar-refractivity contribution in [2.45, 2.75) is 59.3 Å². The molecule has 110 valence electrons. The first-order valence-corrected chi connectivity index (χ1v) is 8.50. The SMILES string of the molecule is CC1CCC(C)C(C(C)C2CCC=CC2CCN)C1. The number of hydrogen-bond acceptors (Lipinski definition) is 1. The number of hydrogen-bond donors (Lipinski definition) is 1. The molecule has 0 aliphatic heterocycles. The van der Waals surface area contributed by atoms with E-state index < -0.39 is 0 Å². The summed E-state index contributed by atoms with van der Waals surface area (Å²) >= 11 is 0. The highest BCUT2D eigenvalue weighted by Crippen LogP contribution is 2.44. The Kier molecular flexibility index (Phi) is 5.50. The van der Waals surface area contributed by atoms with E-state index in [4.69, 9.17) is 5.73 Å². The van der Waals surface area contributed by atoms with E-state index in [2.05, 4.69) is 32.9 Å². The van der Waals surface area contributed by atoms with Crippen molar-refractivity contribution < 1.29 is 0 Å². The molecule has 0 bridgehead atoms. The van der Waals surface area contributed by atoms with E-state index in [9.17, 15) is 0 Å². The van der Waals surface area contributed by atoms with Crippen LogP contribution in [0.2, 0.25) is 0 Å². The molecule has 2 aliphatic rings. The standard InChI is InChI=1S/C18H33N/c1-13-8-9-14(2)18(12-13)15(3)17-7-5-4-6-16(17)10-11-19/h4,6,13-18H,5,7-12,19H2,1-3H3. The van der Waals surface area contributed by atoms with Crippen LogP contribution in [0.3, 0.4) is 0 Å². The number of rotatable bonds is 4. The lowest BCUT2D eigenvalue weighted by molar-refractivity contribution is 0.0850. The molecule has 0 heterocycles. The van der Waals surface area contributed by atoms with Gasteiger partial charge < -0.3 is 5.73 Å². The van der Waals surface area contributed by atoms with Gasteiger partial charge in [0.2, 0.25) is 0 Å². The van der Waals surface area contributed by atoms with E-state index in [0.29, 0.717) is 0 Å². The van der Waals surface area contributed by atoms with Crippen LogP contribution in [-0.4, -0.2) is 6.54 Å². The average molecular weight is 263 g/mol. The summed E-state index contributed by atoms with van der Waals surface area (Å²) in [6.07, 6.45) is 13.1. The molecular formula is C18H33N. The highest BCUT2D eigenvalue weighted by atomic mass is 14.5. The molecule has 1 saturated carbocycles. The molecule has 0 amide bonds. The van der Waals surface area contributed by atoms with Crippen LogP contribution in [0.15, 0.2) is 12.2 Å². The molecule has 19 heavy (non-hydrogen) atoms. The van der Waals surface area contributed by atoms with Gasteiger partial charge in [-0.1, -0.05) is 45.8 Å². The van der Waals surface area contributed by atoms with E-state index in [0.717, 1.165) is 42.1 Å². The topological polar surface area (TPSA) is 26.0 Å². The Morgan fingerprint density at radius 2 is 1.95 bits per heavy atom. The number of nitrogens with two attached hydrogens (primary N) is 1. The van der Waals surface area contributed by atoms with Crippen LogP contribution in [0, 0.1) is 35.5 Å². The summed E-state index contributed by atoms with van der Waals surface area (Å²) in [5.41, 5.74) is 5.82. The van der Waals surface area contributed by atoms with Crippen LogP contribution in [0.4, 0.5) is 0 Å². The van der Waals surface area contributed by atoms with Crippen molar-refractivity contribution in [1.82, 2.24) is 0 Å². The lowest BCUT2D eigenvalue weighted by Gasteiger charge is -2.43. The summed E-state index contributed by atoms with van der Waals surface area (Å²) in [5, 5.41) is 0. The fourth-order valence-corrected chi connectivity index (χ4v) is 4.70. The van der Waals surface area contributed by atoms with Gasteiger partial charge in [0.05, 0.1) is 0 Å². The Bertz CT molecular complexity index is 296. The Morgan fingerprint density at radius 1 is 1.16 bits per heavy atom. The van der Waals surface area contributed by atoms with Crippen molar-refractivity contribution in [1.29, 1.82) is 0 Å². The molecule has 0 aromatic heterocycles. The van der Waals surface area contributed by atoms with E-state index in [-0.39, 0.29) is 0 Å². The zero-order valence-electron chi connectivity index (χ0n) is 13.1. The van der Waals surface area contributed by atoms with Gasteiger partial charge in [-0.05, 0) is 67.7 Å². The van der Waals surface area contributed by atoms with Gasteiger partial charge in [0, 0.05) is 0 Å². The fraction of sp³-hybridized carbons (Fsp3) is 0.889. The average Bonchev–Trinajstić information content (AvgIpc) is 2.42. The van der Waals surface area contributed by atoms with E-state index >= 15 is 0 Å². The monoisotopic (exact) mass is 263 g/mol. The van der Waals surface area contributed by atoms with Crippen LogP contribution in [0.1, 0.15) is 59.3 Å². The predicted octanol–water partition coefficient (Wildman–Crippen LogP) is 4.63. The van der Waals surface area contributed by atoms with Gasteiger partial charge in [0.25, 0.3) is 0 Å². The predicted molar refractivity (Wildman–Crippen MR) is 83.9 cm³/mol. The number of allylic oxidation sites excluding steroid dienone is 2. The second kappa shape index (κ2) is 6.92. The summed E-state index contributed by atoms with van der Waals surface area (Å²) in [4.78, 5) is 0. The lowest BCUT2D eigenvalue weighted by Crippen LogP contribution is -2.35. The molecule has 1 fully saturated rings. The van der Waals surface area contributed by atoms with E-state index in [1.54, 1.807) is 0 Å². The molecule has 0 aromatic rings. The van der Waals surface area contributed by atoms with Crippen molar-refractivity contribution in [2.75, 3.05) is 6.54 Å². The van der Waals surface area contributed by atoms with Crippen molar-refractivity contribution in [3.05, 3.63) is 12.2 Å². The molecule has 2 rings (SSSR count).